The molecular formula is C20H20N4O4. The Hall–Kier alpha value is -3.81. The zero-order valence-electron chi connectivity index (χ0n) is 15.4. The van der Waals surface area contributed by atoms with E-state index in [1.54, 1.807) is 6.92 Å². The summed E-state index contributed by atoms with van der Waals surface area (Å²) in [5.74, 6) is 0.100. The third kappa shape index (κ3) is 4.12. The minimum Gasteiger partial charge on any atom is -0.508 e. The highest BCUT2D eigenvalue weighted by molar-refractivity contribution is 5.96. The summed E-state index contributed by atoms with van der Waals surface area (Å²) >= 11 is 0. The molecule has 0 radical (unpaired) electrons. The second-order valence-electron chi connectivity index (χ2n) is 5.97. The summed E-state index contributed by atoms with van der Waals surface area (Å²) < 4.78 is 5.43. The number of aromatic amines is 1. The van der Waals surface area contributed by atoms with Crippen molar-refractivity contribution in [1.82, 2.24) is 15.6 Å². The molecule has 8 heteroatoms. The molecule has 1 heterocycles. The molecule has 0 unspecified atom stereocenters. The number of aromatic hydroxyl groups is 2. The minimum absolute atomic E-state index is 0.0615. The largest absolute Gasteiger partial charge is 0.508 e. The van der Waals surface area contributed by atoms with Crippen LogP contribution in [-0.4, -0.2) is 39.1 Å². The maximum absolute atomic E-state index is 12.4. The highest BCUT2D eigenvalue weighted by atomic mass is 16.5. The van der Waals surface area contributed by atoms with E-state index >= 15 is 0 Å². The van der Waals surface area contributed by atoms with Gasteiger partial charge in [0.25, 0.3) is 5.91 Å². The van der Waals surface area contributed by atoms with Gasteiger partial charge in [-0.25, -0.2) is 5.43 Å². The number of carbonyl (C=O) groups is 1. The molecule has 144 valence electrons. The molecule has 0 atom stereocenters. The van der Waals surface area contributed by atoms with Gasteiger partial charge in [0.15, 0.2) is 0 Å². The van der Waals surface area contributed by atoms with Crippen LogP contribution in [0.1, 0.15) is 28.5 Å². The van der Waals surface area contributed by atoms with Gasteiger partial charge < -0.3 is 14.9 Å². The number of phenols is 2. The molecule has 28 heavy (non-hydrogen) atoms. The fourth-order valence-corrected chi connectivity index (χ4v) is 2.63. The smallest absolute Gasteiger partial charge is 0.289 e. The van der Waals surface area contributed by atoms with Gasteiger partial charge in [-0.3, -0.25) is 9.89 Å². The van der Waals surface area contributed by atoms with Gasteiger partial charge in [-0.15, -0.1) is 0 Å². The Morgan fingerprint density at radius 1 is 1.25 bits per heavy atom. The van der Waals surface area contributed by atoms with Crippen LogP contribution < -0.4 is 10.2 Å². The van der Waals surface area contributed by atoms with Crippen molar-refractivity contribution in [2.45, 2.75) is 13.8 Å². The number of benzene rings is 2. The zero-order chi connectivity index (χ0) is 20.1. The Bertz CT molecular complexity index is 1010. The number of nitrogens with one attached hydrogen (secondary N) is 2. The Labute approximate surface area is 161 Å². The van der Waals surface area contributed by atoms with Crippen molar-refractivity contribution in [1.29, 1.82) is 0 Å². The number of phenolic OH excluding ortho intramolecular Hbond substituents is 2. The first-order valence-corrected chi connectivity index (χ1v) is 8.63. The SMILES string of the molecule is CCOc1ccc(-c2n[nH]c(C(=O)N/N=C\c3ccc(O)cc3O)c2C)cc1. The molecule has 0 aliphatic rings. The number of ether oxygens (including phenoxy) is 1. The number of H-pyrrole nitrogens is 1. The lowest BCUT2D eigenvalue weighted by atomic mass is 10.1. The van der Waals surface area contributed by atoms with Crippen molar-refractivity contribution in [2.75, 3.05) is 6.61 Å². The summed E-state index contributed by atoms with van der Waals surface area (Å²) in [6.07, 6.45) is 1.28. The standard InChI is InChI=1S/C20H20N4O4/c1-3-28-16-8-5-13(6-9-16)18-12(2)19(23-22-18)20(27)24-21-11-14-4-7-15(25)10-17(14)26/h4-11,25-26H,3H2,1-2H3,(H,22,23)(H,24,27)/b21-11-. The number of rotatable bonds is 6. The maximum atomic E-state index is 12.4. The van der Waals surface area contributed by atoms with Gasteiger partial charge in [-0.1, -0.05) is 0 Å². The lowest BCUT2D eigenvalue weighted by Gasteiger charge is -2.04. The first-order chi connectivity index (χ1) is 13.5. The Kier molecular flexibility index (Phi) is 5.59. The summed E-state index contributed by atoms with van der Waals surface area (Å²) in [6.45, 7) is 4.30. The summed E-state index contributed by atoms with van der Waals surface area (Å²) in [5.41, 5.74) is 5.23. The maximum Gasteiger partial charge on any atom is 0.289 e. The lowest BCUT2D eigenvalue weighted by molar-refractivity contribution is 0.0949. The third-order valence-electron chi connectivity index (χ3n) is 4.06. The minimum atomic E-state index is -0.461. The van der Waals surface area contributed by atoms with Crippen LogP contribution in [0.4, 0.5) is 0 Å². The zero-order valence-corrected chi connectivity index (χ0v) is 15.4. The molecule has 1 amide bonds. The molecule has 0 bridgehead atoms. The van der Waals surface area contributed by atoms with E-state index in [9.17, 15) is 15.0 Å². The first kappa shape index (κ1) is 19.0. The van der Waals surface area contributed by atoms with E-state index in [0.717, 1.165) is 11.3 Å². The summed E-state index contributed by atoms with van der Waals surface area (Å²) in [4.78, 5) is 12.4. The van der Waals surface area contributed by atoms with Gasteiger partial charge in [0, 0.05) is 22.8 Å². The second-order valence-corrected chi connectivity index (χ2v) is 5.97. The van der Waals surface area contributed by atoms with Crippen LogP contribution in [0.25, 0.3) is 11.3 Å². The number of hydrogen-bond donors (Lipinski definition) is 4. The first-order valence-electron chi connectivity index (χ1n) is 8.63. The van der Waals surface area contributed by atoms with Crippen molar-refractivity contribution in [3.8, 4) is 28.5 Å². The Morgan fingerprint density at radius 3 is 2.68 bits per heavy atom. The molecular weight excluding hydrogens is 360 g/mol. The van der Waals surface area contributed by atoms with E-state index in [2.05, 4.69) is 20.7 Å². The van der Waals surface area contributed by atoms with E-state index in [0.29, 0.717) is 23.4 Å². The Balaban J connectivity index is 1.72. The fraction of sp³-hybridized carbons (Fsp3) is 0.150. The second kappa shape index (κ2) is 8.26. The fourth-order valence-electron chi connectivity index (χ4n) is 2.63. The molecule has 0 spiro atoms. The van der Waals surface area contributed by atoms with Crippen molar-refractivity contribution < 1.29 is 19.7 Å². The molecule has 1 aromatic heterocycles. The van der Waals surface area contributed by atoms with Crippen LogP contribution >= 0.6 is 0 Å². The molecule has 8 nitrogen and oxygen atoms in total. The van der Waals surface area contributed by atoms with Crippen molar-refractivity contribution in [3.63, 3.8) is 0 Å². The number of hydrogen-bond acceptors (Lipinski definition) is 6. The van der Waals surface area contributed by atoms with Gasteiger partial charge >= 0.3 is 0 Å². The predicted molar refractivity (Wildman–Crippen MR) is 105 cm³/mol. The van der Waals surface area contributed by atoms with Crippen molar-refractivity contribution in [3.05, 3.63) is 59.3 Å². The molecule has 0 aliphatic heterocycles. The predicted octanol–water partition coefficient (Wildman–Crippen LogP) is 2.96. The van der Waals surface area contributed by atoms with Gasteiger partial charge in [0.05, 0.1) is 18.5 Å². The summed E-state index contributed by atoms with van der Waals surface area (Å²) in [5, 5.41) is 29.8. The van der Waals surface area contributed by atoms with Gasteiger partial charge in [0.2, 0.25) is 0 Å². The molecule has 3 rings (SSSR count). The van der Waals surface area contributed by atoms with Crippen LogP contribution in [0, 0.1) is 6.92 Å². The van der Waals surface area contributed by atoms with Crippen LogP contribution in [0.5, 0.6) is 17.2 Å². The lowest BCUT2D eigenvalue weighted by Crippen LogP contribution is -2.19. The van der Waals surface area contributed by atoms with E-state index in [4.69, 9.17) is 4.74 Å². The van der Waals surface area contributed by atoms with Crippen LogP contribution in [0.2, 0.25) is 0 Å². The van der Waals surface area contributed by atoms with Crippen molar-refractivity contribution >= 4 is 12.1 Å². The number of hydrazone groups is 1. The quantitative estimate of drug-likeness (QED) is 0.387. The van der Waals surface area contributed by atoms with E-state index in [1.807, 2.05) is 31.2 Å². The molecule has 3 aromatic rings. The van der Waals surface area contributed by atoms with Crippen LogP contribution in [0.15, 0.2) is 47.6 Å². The number of amides is 1. The number of carbonyl (C=O) groups excluding carboxylic acids is 1. The molecule has 4 N–H and O–H groups in total. The summed E-state index contributed by atoms with van der Waals surface area (Å²) in [6, 6.07) is 11.5. The van der Waals surface area contributed by atoms with Gasteiger partial charge in [-0.2, -0.15) is 10.2 Å². The summed E-state index contributed by atoms with van der Waals surface area (Å²) in [7, 11) is 0. The highest BCUT2D eigenvalue weighted by Gasteiger charge is 2.16. The van der Waals surface area contributed by atoms with E-state index in [-0.39, 0.29) is 17.2 Å². The molecule has 0 saturated carbocycles. The molecule has 0 fully saturated rings. The highest BCUT2D eigenvalue weighted by Crippen LogP contribution is 2.25. The number of aromatic nitrogens is 2. The third-order valence-corrected chi connectivity index (χ3v) is 4.06. The molecule has 0 aliphatic carbocycles. The molecule has 0 saturated heterocycles. The van der Waals surface area contributed by atoms with E-state index in [1.165, 1.54) is 24.4 Å². The number of nitrogens with zero attached hydrogens (tertiary/aromatic N) is 2. The van der Waals surface area contributed by atoms with Crippen LogP contribution in [0.3, 0.4) is 0 Å². The monoisotopic (exact) mass is 380 g/mol. The normalized spacial score (nSPS) is 10.9. The topological polar surface area (TPSA) is 120 Å². The van der Waals surface area contributed by atoms with E-state index < -0.39 is 5.91 Å². The van der Waals surface area contributed by atoms with Gasteiger partial charge in [-0.05, 0) is 50.2 Å². The molecule has 2 aromatic carbocycles. The van der Waals surface area contributed by atoms with Crippen LogP contribution in [-0.2, 0) is 0 Å². The van der Waals surface area contributed by atoms with Crippen molar-refractivity contribution in [2.24, 2.45) is 5.10 Å². The average molecular weight is 380 g/mol. The average Bonchev–Trinajstić information content (AvgIpc) is 3.06. The van der Waals surface area contributed by atoms with Gasteiger partial charge in [0.1, 0.15) is 22.9 Å². The Morgan fingerprint density at radius 2 is 2.00 bits per heavy atom.